The average Bonchev–Trinajstić information content (AvgIpc) is 2.38. The Balaban J connectivity index is 2.24. The van der Waals surface area contributed by atoms with Crippen molar-refractivity contribution in [1.29, 1.82) is 0 Å². The van der Waals surface area contributed by atoms with Crippen molar-refractivity contribution in [1.82, 2.24) is 0 Å². The second-order valence-electron chi connectivity index (χ2n) is 4.43. The van der Waals surface area contributed by atoms with E-state index in [1.807, 2.05) is 30.3 Å². The third kappa shape index (κ3) is 2.54. The lowest BCUT2D eigenvalue weighted by atomic mass is 9.75. The third-order valence-electron chi connectivity index (χ3n) is 3.40. The van der Waals surface area contributed by atoms with Gasteiger partial charge in [-0.1, -0.05) is 30.3 Å². The fourth-order valence-electron chi connectivity index (χ4n) is 2.51. The zero-order valence-corrected chi connectivity index (χ0v) is 9.89. The molecule has 2 atom stereocenters. The molecule has 0 heterocycles. The highest BCUT2D eigenvalue weighted by atomic mass is 16.5. The van der Waals surface area contributed by atoms with E-state index in [0.29, 0.717) is 12.8 Å². The highest BCUT2D eigenvalue weighted by Gasteiger charge is 2.35. The molecule has 1 aromatic rings. The van der Waals surface area contributed by atoms with Crippen molar-refractivity contribution in [3.63, 3.8) is 0 Å². The Morgan fingerprint density at radius 3 is 2.65 bits per heavy atom. The minimum Gasteiger partial charge on any atom is -0.469 e. The minimum absolute atomic E-state index is 0.112. The normalized spacial score (nSPS) is 24.4. The maximum Gasteiger partial charge on any atom is 0.309 e. The summed E-state index contributed by atoms with van der Waals surface area (Å²) in [5.74, 6) is -0.315. The van der Waals surface area contributed by atoms with Crippen molar-refractivity contribution in [2.75, 3.05) is 7.11 Å². The van der Waals surface area contributed by atoms with E-state index in [1.54, 1.807) is 0 Å². The molecule has 90 valence electrons. The van der Waals surface area contributed by atoms with Crippen LogP contribution in [0.15, 0.2) is 30.3 Å². The number of carbonyl (C=O) groups is 2. The van der Waals surface area contributed by atoms with E-state index >= 15 is 0 Å². The average molecular weight is 232 g/mol. The molecule has 3 heteroatoms. The highest BCUT2D eigenvalue weighted by molar-refractivity contribution is 5.86. The molecule has 0 N–H and O–H groups in total. The monoisotopic (exact) mass is 232 g/mol. The van der Waals surface area contributed by atoms with Crippen LogP contribution in [0.1, 0.15) is 30.7 Å². The summed E-state index contributed by atoms with van der Waals surface area (Å²) in [6.45, 7) is 0. The molecule has 0 radical (unpaired) electrons. The second-order valence-corrected chi connectivity index (χ2v) is 4.43. The number of hydrogen-bond donors (Lipinski definition) is 0. The lowest BCUT2D eigenvalue weighted by molar-refractivity contribution is -0.149. The standard InChI is InChI=1S/C14H16O3/c1-17-14(16)13-9-11(15)7-8-12(13)10-5-3-2-4-6-10/h2-6,12-13H,7-9H2,1H3/t12-,13+/m0/s1. The van der Waals surface area contributed by atoms with E-state index in [2.05, 4.69) is 0 Å². The summed E-state index contributed by atoms with van der Waals surface area (Å²) >= 11 is 0. The van der Waals surface area contributed by atoms with E-state index < -0.39 is 0 Å². The van der Waals surface area contributed by atoms with E-state index in [4.69, 9.17) is 4.74 Å². The van der Waals surface area contributed by atoms with Crippen LogP contribution in [0.4, 0.5) is 0 Å². The number of hydrogen-bond acceptors (Lipinski definition) is 3. The number of carbonyl (C=O) groups excluding carboxylic acids is 2. The van der Waals surface area contributed by atoms with Gasteiger partial charge in [0.15, 0.2) is 0 Å². The Morgan fingerprint density at radius 2 is 2.00 bits per heavy atom. The summed E-state index contributed by atoms with van der Waals surface area (Å²) in [5.41, 5.74) is 1.12. The zero-order valence-electron chi connectivity index (χ0n) is 9.89. The van der Waals surface area contributed by atoms with Gasteiger partial charge in [-0.05, 0) is 17.9 Å². The first kappa shape index (κ1) is 11.8. The van der Waals surface area contributed by atoms with E-state index in [0.717, 1.165) is 12.0 Å². The van der Waals surface area contributed by atoms with Gasteiger partial charge in [0.2, 0.25) is 0 Å². The Labute approximate surface area is 101 Å². The Morgan fingerprint density at radius 1 is 1.29 bits per heavy atom. The van der Waals surface area contributed by atoms with Gasteiger partial charge in [-0.15, -0.1) is 0 Å². The number of ether oxygens (including phenoxy) is 1. The van der Waals surface area contributed by atoms with Crippen molar-refractivity contribution in [3.05, 3.63) is 35.9 Å². The van der Waals surface area contributed by atoms with Crippen molar-refractivity contribution in [3.8, 4) is 0 Å². The minimum atomic E-state index is -0.316. The third-order valence-corrected chi connectivity index (χ3v) is 3.40. The Bertz CT molecular complexity index is 411. The van der Waals surface area contributed by atoms with Gasteiger partial charge in [0, 0.05) is 12.8 Å². The van der Waals surface area contributed by atoms with E-state index in [9.17, 15) is 9.59 Å². The van der Waals surface area contributed by atoms with Crippen LogP contribution in [0.2, 0.25) is 0 Å². The van der Waals surface area contributed by atoms with Gasteiger partial charge >= 0.3 is 5.97 Å². The number of benzene rings is 1. The summed E-state index contributed by atoms with van der Waals surface area (Å²) in [6, 6.07) is 9.89. The number of rotatable bonds is 2. The predicted molar refractivity (Wildman–Crippen MR) is 63.5 cm³/mol. The molecular weight excluding hydrogens is 216 g/mol. The molecule has 3 nitrogen and oxygen atoms in total. The maximum absolute atomic E-state index is 11.7. The first-order valence-electron chi connectivity index (χ1n) is 5.87. The smallest absolute Gasteiger partial charge is 0.309 e. The quantitative estimate of drug-likeness (QED) is 0.735. The molecule has 1 aliphatic rings. The van der Waals surface area contributed by atoms with Crippen LogP contribution >= 0.6 is 0 Å². The summed E-state index contributed by atoms with van der Waals surface area (Å²) in [4.78, 5) is 23.2. The van der Waals surface area contributed by atoms with Gasteiger partial charge in [0.1, 0.15) is 5.78 Å². The number of Topliss-reactive ketones (excluding diaryl/α,β-unsaturated/α-hetero) is 1. The first-order valence-corrected chi connectivity index (χ1v) is 5.87. The van der Waals surface area contributed by atoms with Crippen LogP contribution in [0.3, 0.4) is 0 Å². The molecule has 1 aliphatic carbocycles. The number of ketones is 1. The molecule has 1 fully saturated rings. The van der Waals surface area contributed by atoms with Gasteiger partial charge in [0.25, 0.3) is 0 Å². The molecule has 2 rings (SSSR count). The van der Waals surface area contributed by atoms with Crippen LogP contribution in [0.5, 0.6) is 0 Å². The van der Waals surface area contributed by atoms with Gasteiger partial charge in [-0.3, -0.25) is 9.59 Å². The van der Waals surface area contributed by atoms with Crippen LogP contribution in [-0.4, -0.2) is 18.9 Å². The highest BCUT2D eigenvalue weighted by Crippen LogP contribution is 2.36. The lowest BCUT2D eigenvalue weighted by Gasteiger charge is -2.29. The molecule has 17 heavy (non-hydrogen) atoms. The van der Waals surface area contributed by atoms with Crippen LogP contribution < -0.4 is 0 Å². The van der Waals surface area contributed by atoms with Crippen molar-refractivity contribution < 1.29 is 14.3 Å². The maximum atomic E-state index is 11.7. The molecule has 1 aromatic carbocycles. The molecule has 0 spiro atoms. The van der Waals surface area contributed by atoms with Crippen LogP contribution in [-0.2, 0) is 14.3 Å². The van der Waals surface area contributed by atoms with E-state index in [1.165, 1.54) is 7.11 Å². The molecule has 0 bridgehead atoms. The van der Waals surface area contributed by atoms with Crippen LogP contribution in [0.25, 0.3) is 0 Å². The molecule has 1 saturated carbocycles. The van der Waals surface area contributed by atoms with Crippen molar-refractivity contribution >= 4 is 11.8 Å². The molecular formula is C14H16O3. The largest absolute Gasteiger partial charge is 0.469 e. The van der Waals surface area contributed by atoms with Gasteiger partial charge in [-0.25, -0.2) is 0 Å². The fourth-order valence-corrected chi connectivity index (χ4v) is 2.51. The molecule has 0 aliphatic heterocycles. The summed E-state index contributed by atoms with van der Waals surface area (Å²) in [7, 11) is 1.38. The SMILES string of the molecule is COC(=O)[C@@H]1CC(=O)CC[C@H]1c1ccccc1. The van der Waals surface area contributed by atoms with Gasteiger partial charge in [0.05, 0.1) is 13.0 Å². The predicted octanol–water partition coefficient (Wildman–Crippen LogP) is 2.31. The fraction of sp³-hybridized carbons (Fsp3) is 0.429. The Hall–Kier alpha value is -1.64. The molecule has 0 unspecified atom stereocenters. The summed E-state index contributed by atoms with van der Waals surface area (Å²) < 4.78 is 4.80. The summed E-state index contributed by atoms with van der Waals surface area (Å²) in [5, 5.41) is 0. The molecule has 0 amide bonds. The molecule has 0 aromatic heterocycles. The number of esters is 1. The topological polar surface area (TPSA) is 43.4 Å². The van der Waals surface area contributed by atoms with E-state index in [-0.39, 0.29) is 23.6 Å². The second kappa shape index (κ2) is 5.13. The lowest BCUT2D eigenvalue weighted by Crippen LogP contribution is -2.30. The first-order chi connectivity index (χ1) is 8.22. The van der Waals surface area contributed by atoms with Gasteiger partial charge in [-0.2, -0.15) is 0 Å². The van der Waals surface area contributed by atoms with Gasteiger partial charge < -0.3 is 4.74 Å². The molecule has 0 saturated heterocycles. The van der Waals surface area contributed by atoms with Crippen LogP contribution in [0, 0.1) is 5.92 Å². The summed E-state index contributed by atoms with van der Waals surface area (Å²) in [6.07, 6.45) is 1.61. The van der Waals surface area contributed by atoms with Crippen molar-refractivity contribution in [2.45, 2.75) is 25.2 Å². The van der Waals surface area contributed by atoms with Crippen molar-refractivity contribution in [2.24, 2.45) is 5.92 Å². The Kier molecular flexibility index (Phi) is 3.57. The zero-order chi connectivity index (χ0) is 12.3. The number of methoxy groups -OCH3 is 1.